The molecule has 0 aliphatic rings. The Hall–Kier alpha value is -1.90. The fourth-order valence-electron chi connectivity index (χ4n) is 1.48. The molecule has 2 aromatic heterocycles. The lowest BCUT2D eigenvalue weighted by molar-refractivity contribution is -0.386. The second-order valence-corrected chi connectivity index (χ2v) is 5.19. The maximum atomic E-state index is 10.9. The third kappa shape index (κ3) is 5.05. The fourth-order valence-corrected chi connectivity index (χ4v) is 1.90. The van der Waals surface area contributed by atoms with Gasteiger partial charge in [0.1, 0.15) is 10.2 Å². The van der Waals surface area contributed by atoms with Crippen molar-refractivity contribution in [2.24, 2.45) is 0 Å². The Labute approximate surface area is 145 Å². The number of aromatic nitrogens is 3. The first kappa shape index (κ1) is 17.5. The largest absolute Gasteiger partial charge is 0.476 e. The molecule has 23 heavy (non-hydrogen) atoms. The van der Waals surface area contributed by atoms with Crippen LogP contribution in [0, 0.1) is 10.1 Å². The molecular weight excluding hydrogens is 371 g/mol. The van der Waals surface area contributed by atoms with E-state index in [1.165, 1.54) is 18.3 Å². The molecule has 0 bridgehead atoms. The number of rotatable bonds is 7. The topological polar surface area (TPSA) is 100 Å². The Morgan fingerprint density at radius 2 is 1.78 bits per heavy atom. The molecule has 0 atom stereocenters. The lowest BCUT2D eigenvalue weighted by atomic mass is 10.4. The van der Waals surface area contributed by atoms with Crippen molar-refractivity contribution < 1.29 is 14.4 Å². The van der Waals surface area contributed by atoms with Crippen LogP contribution in [0.5, 0.6) is 11.8 Å². The normalized spacial score (nSPS) is 10.4. The van der Waals surface area contributed by atoms with Gasteiger partial charge in [0.25, 0.3) is 5.88 Å². The number of hydrogen-bond acceptors (Lipinski definition) is 7. The summed E-state index contributed by atoms with van der Waals surface area (Å²) in [5, 5.41) is 11.2. The van der Waals surface area contributed by atoms with Gasteiger partial charge in [0.05, 0.1) is 24.3 Å². The van der Waals surface area contributed by atoms with Gasteiger partial charge >= 0.3 is 5.69 Å². The summed E-state index contributed by atoms with van der Waals surface area (Å²) < 4.78 is 10.6. The number of nitrogens with zero attached hydrogens (tertiary/aromatic N) is 4. The molecule has 0 amide bonds. The highest BCUT2D eigenvalue weighted by Gasteiger charge is 2.17. The summed E-state index contributed by atoms with van der Waals surface area (Å²) in [6.07, 6.45) is 1.73. The molecule has 8 nitrogen and oxygen atoms in total. The van der Waals surface area contributed by atoms with Crippen molar-refractivity contribution >= 4 is 40.5 Å². The zero-order valence-electron chi connectivity index (χ0n) is 11.4. The van der Waals surface area contributed by atoms with Crippen molar-refractivity contribution in [3.63, 3.8) is 0 Å². The van der Waals surface area contributed by atoms with Crippen LogP contribution in [0.3, 0.4) is 0 Å². The Morgan fingerprint density at radius 3 is 2.48 bits per heavy atom. The molecule has 0 saturated carbocycles. The highest BCUT2D eigenvalue weighted by molar-refractivity contribution is 6.32. The van der Waals surface area contributed by atoms with Crippen molar-refractivity contribution in [3.8, 4) is 11.8 Å². The third-order valence-corrected chi connectivity index (χ3v) is 3.10. The highest BCUT2D eigenvalue weighted by Crippen LogP contribution is 2.26. The van der Waals surface area contributed by atoms with E-state index in [1.807, 2.05) is 0 Å². The standard InChI is InChI=1S/C12H9Cl3N4O4/c13-7-6-16-12(15)18-10(7)22-4-1-5-23-11-8(19(20)21)2-3-9(14)17-11/h2-3,6H,1,4-5H2. The summed E-state index contributed by atoms with van der Waals surface area (Å²) in [5.74, 6) is 0.00383. The van der Waals surface area contributed by atoms with Gasteiger partial charge in [-0.3, -0.25) is 10.1 Å². The molecule has 2 aromatic rings. The minimum Gasteiger partial charge on any atom is -0.476 e. The molecule has 2 rings (SSSR count). The molecule has 2 heterocycles. The number of pyridine rings is 1. The van der Waals surface area contributed by atoms with E-state index in [0.717, 1.165) is 0 Å². The van der Waals surface area contributed by atoms with Crippen LogP contribution in [0.15, 0.2) is 18.3 Å². The molecule has 0 radical (unpaired) electrons. The van der Waals surface area contributed by atoms with Gasteiger partial charge in [-0.25, -0.2) is 4.98 Å². The molecule has 0 spiro atoms. The van der Waals surface area contributed by atoms with Crippen LogP contribution >= 0.6 is 34.8 Å². The van der Waals surface area contributed by atoms with Crippen LogP contribution in [0.1, 0.15) is 6.42 Å². The van der Waals surface area contributed by atoms with Crippen molar-refractivity contribution in [3.05, 3.63) is 43.9 Å². The van der Waals surface area contributed by atoms with E-state index in [1.54, 1.807) is 0 Å². The highest BCUT2D eigenvalue weighted by atomic mass is 35.5. The van der Waals surface area contributed by atoms with Crippen LogP contribution in [-0.4, -0.2) is 33.1 Å². The fraction of sp³-hybridized carbons (Fsp3) is 0.250. The summed E-state index contributed by atoms with van der Waals surface area (Å²) in [5.41, 5.74) is -0.263. The predicted octanol–water partition coefficient (Wildman–Crippen LogP) is 3.59. The molecule has 0 fully saturated rings. The Bertz CT molecular complexity index is 717. The Kier molecular flexibility index (Phi) is 6.14. The summed E-state index contributed by atoms with van der Waals surface area (Å²) in [6.45, 7) is 0.339. The Balaban J connectivity index is 1.85. The van der Waals surface area contributed by atoms with Gasteiger partial charge in [-0.2, -0.15) is 9.97 Å². The van der Waals surface area contributed by atoms with Gasteiger partial charge < -0.3 is 9.47 Å². The summed E-state index contributed by atoms with van der Waals surface area (Å²) in [7, 11) is 0. The van der Waals surface area contributed by atoms with Crippen LogP contribution in [0.4, 0.5) is 5.69 Å². The monoisotopic (exact) mass is 378 g/mol. The van der Waals surface area contributed by atoms with E-state index in [2.05, 4.69) is 15.0 Å². The first-order valence-corrected chi connectivity index (χ1v) is 7.35. The van der Waals surface area contributed by atoms with E-state index in [4.69, 9.17) is 44.3 Å². The number of ether oxygens (including phenoxy) is 2. The molecule has 0 aromatic carbocycles. The van der Waals surface area contributed by atoms with Gasteiger partial charge in [-0.15, -0.1) is 0 Å². The van der Waals surface area contributed by atoms with Gasteiger partial charge in [0, 0.05) is 12.5 Å². The average Bonchev–Trinajstić information content (AvgIpc) is 2.50. The van der Waals surface area contributed by atoms with Gasteiger partial charge in [0.15, 0.2) is 0 Å². The van der Waals surface area contributed by atoms with Crippen LogP contribution < -0.4 is 9.47 Å². The predicted molar refractivity (Wildman–Crippen MR) is 83.6 cm³/mol. The summed E-state index contributed by atoms with van der Waals surface area (Å²) >= 11 is 17.2. The average molecular weight is 380 g/mol. The third-order valence-electron chi connectivity index (χ3n) is 2.45. The quantitative estimate of drug-likeness (QED) is 0.238. The minimum atomic E-state index is -0.599. The van der Waals surface area contributed by atoms with Crippen molar-refractivity contribution in [2.75, 3.05) is 13.2 Å². The molecule has 0 N–H and O–H groups in total. The first-order chi connectivity index (χ1) is 11.0. The molecule has 0 aliphatic heterocycles. The maximum absolute atomic E-state index is 10.9. The molecule has 11 heteroatoms. The maximum Gasteiger partial charge on any atom is 0.331 e. The van der Waals surface area contributed by atoms with E-state index in [9.17, 15) is 10.1 Å². The van der Waals surface area contributed by atoms with Crippen LogP contribution in [0.2, 0.25) is 15.5 Å². The van der Waals surface area contributed by atoms with Crippen LogP contribution in [0.25, 0.3) is 0 Å². The second kappa shape index (κ2) is 8.09. The zero-order chi connectivity index (χ0) is 16.8. The summed E-state index contributed by atoms with van der Waals surface area (Å²) in [6, 6.07) is 2.54. The second-order valence-electron chi connectivity index (χ2n) is 4.06. The molecule has 0 unspecified atom stereocenters. The minimum absolute atomic E-state index is 0.0133. The number of hydrogen-bond donors (Lipinski definition) is 0. The van der Waals surface area contributed by atoms with Gasteiger partial charge in [-0.05, 0) is 17.7 Å². The number of nitro groups is 1. The molecular formula is C12H9Cl3N4O4. The van der Waals surface area contributed by atoms with Crippen molar-refractivity contribution in [1.29, 1.82) is 0 Å². The van der Waals surface area contributed by atoms with Gasteiger partial charge in [0.2, 0.25) is 11.2 Å². The van der Waals surface area contributed by atoms with E-state index in [-0.39, 0.29) is 46.1 Å². The van der Waals surface area contributed by atoms with Crippen molar-refractivity contribution in [1.82, 2.24) is 15.0 Å². The van der Waals surface area contributed by atoms with Gasteiger partial charge in [-0.1, -0.05) is 23.2 Å². The van der Waals surface area contributed by atoms with E-state index in [0.29, 0.717) is 6.42 Å². The zero-order valence-corrected chi connectivity index (χ0v) is 13.7. The molecule has 0 saturated heterocycles. The SMILES string of the molecule is O=[N+]([O-])c1ccc(Cl)nc1OCCCOc1nc(Cl)ncc1Cl. The molecule has 0 aliphatic carbocycles. The summed E-state index contributed by atoms with van der Waals surface area (Å²) in [4.78, 5) is 21.5. The van der Waals surface area contributed by atoms with E-state index < -0.39 is 4.92 Å². The van der Waals surface area contributed by atoms with Crippen molar-refractivity contribution in [2.45, 2.75) is 6.42 Å². The number of halogens is 3. The molecule has 122 valence electrons. The lowest BCUT2D eigenvalue weighted by Gasteiger charge is -2.08. The Morgan fingerprint density at radius 1 is 1.09 bits per heavy atom. The smallest absolute Gasteiger partial charge is 0.331 e. The first-order valence-electron chi connectivity index (χ1n) is 6.22. The van der Waals surface area contributed by atoms with E-state index >= 15 is 0 Å². The van der Waals surface area contributed by atoms with Crippen LogP contribution in [-0.2, 0) is 0 Å². The lowest BCUT2D eigenvalue weighted by Crippen LogP contribution is -2.08.